The molecule has 10 nitrogen and oxygen atoms in total. The lowest BCUT2D eigenvalue weighted by Crippen LogP contribution is -2.18. The molecule has 0 aliphatic heterocycles. The molecule has 0 atom stereocenters. The Bertz CT molecular complexity index is 1230. The fraction of sp³-hybridized carbons (Fsp3) is 0.192. The molecule has 0 radical (unpaired) electrons. The summed E-state index contributed by atoms with van der Waals surface area (Å²) in [7, 11) is 7.41. The van der Waals surface area contributed by atoms with Crippen molar-refractivity contribution in [3.8, 4) is 34.5 Å². The Morgan fingerprint density at radius 1 is 0.694 bits per heavy atom. The number of amides is 1. The first-order valence-corrected chi connectivity index (χ1v) is 10.6. The third kappa shape index (κ3) is 6.03. The van der Waals surface area contributed by atoms with Crippen molar-refractivity contribution in [1.29, 1.82) is 0 Å². The summed E-state index contributed by atoms with van der Waals surface area (Å²) in [5.74, 6) is 1.34. The van der Waals surface area contributed by atoms with Crippen molar-refractivity contribution in [2.45, 2.75) is 0 Å². The lowest BCUT2D eigenvalue weighted by atomic mass is 10.1. The predicted molar refractivity (Wildman–Crippen MR) is 132 cm³/mol. The maximum absolute atomic E-state index is 12.5. The van der Waals surface area contributed by atoms with Gasteiger partial charge in [0.05, 0.1) is 47.3 Å². The van der Waals surface area contributed by atoms with Crippen LogP contribution < -0.4 is 33.8 Å². The molecule has 0 aliphatic carbocycles. The summed E-state index contributed by atoms with van der Waals surface area (Å²) in [6.07, 6.45) is 1.45. The summed E-state index contributed by atoms with van der Waals surface area (Å²) >= 11 is 0. The Labute approximate surface area is 208 Å². The molecule has 3 aromatic carbocycles. The molecule has 0 bridgehead atoms. The second-order valence-electron chi connectivity index (χ2n) is 7.14. The minimum Gasteiger partial charge on any atom is -0.493 e. The number of hydrogen-bond donors (Lipinski definition) is 1. The number of carbonyl (C=O) groups is 2. The fourth-order valence-electron chi connectivity index (χ4n) is 3.19. The Kier molecular flexibility index (Phi) is 8.71. The largest absolute Gasteiger partial charge is 0.493 e. The highest BCUT2D eigenvalue weighted by atomic mass is 16.5. The number of hydrogen-bond acceptors (Lipinski definition) is 9. The summed E-state index contributed by atoms with van der Waals surface area (Å²) in [6, 6.07) is 14.4. The summed E-state index contributed by atoms with van der Waals surface area (Å²) in [5.41, 5.74) is 3.71. The maximum atomic E-state index is 12.5. The molecule has 0 fully saturated rings. The van der Waals surface area contributed by atoms with Gasteiger partial charge in [0, 0.05) is 5.56 Å². The van der Waals surface area contributed by atoms with Crippen LogP contribution in [-0.2, 0) is 0 Å². The molecule has 0 saturated heterocycles. The van der Waals surface area contributed by atoms with Crippen molar-refractivity contribution in [1.82, 2.24) is 5.43 Å². The van der Waals surface area contributed by atoms with Gasteiger partial charge in [-0.25, -0.2) is 10.2 Å². The van der Waals surface area contributed by atoms with E-state index >= 15 is 0 Å². The number of rotatable bonds is 10. The van der Waals surface area contributed by atoms with E-state index in [9.17, 15) is 9.59 Å². The van der Waals surface area contributed by atoms with Gasteiger partial charge in [-0.3, -0.25) is 4.79 Å². The highest BCUT2D eigenvalue weighted by molar-refractivity contribution is 5.96. The van der Waals surface area contributed by atoms with Gasteiger partial charge in [0.25, 0.3) is 5.91 Å². The summed E-state index contributed by atoms with van der Waals surface area (Å²) in [4.78, 5) is 25.0. The van der Waals surface area contributed by atoms with Crippen molar-refractivity contribution >= 4 is 18.1 Å². The first-order chi connectivity index (χ1) is 17.4. The molecule has 1 N–H and O–H groups in total. The first-order valence-electron chi connectivity index (χ1n) is 10.6. The second-order valence-corrected chi connectivity index (χ2v) is 7.14. The zero-order valence-corrected chi connectivity index (χ0v) is 20.5. The monoisotopic (exact) mass is 494 g/mol. The van der Waals surface area contributed by atoms with Crippen LogP contribution >= 0.6 is 0 Å². The lowest BCUT2D eigenvalue weighted by Gasteiger charge is -2.13. The van der Waals surface area contributed by atoms with E-state index in [0.29, 0.717) is 45.6 Å². The Morgan fingerprint density at radius 3 is 1.83 bits per heavy atom. The molecule has 0 aromatic heterocycles. The number of nitrogens with one attached hydrogen (secondary N) is 1. The molecule has 0 aliphatic rings. The molecule has 188 valence electrons. The van der Waals surface area contributed by atoms with Crippen LogP contribution in [0.15, 0.2) is 59.7 Å². The number of carbonyl (C=O) groups excluding carboxylic acids is 2. The van der Waals surface area contributed by atoms with Gasteiger partial charge >= 0.3 is 5.97 Å². The topological polar surface area (TPSA) is 114 Å². The van der Waals surface area contributed by atoms with Gasteiger partial charge < -0.3 is 28.4 Å². The van der Waals surface area contributed by atoms with Crippen LogP contribution in [0.1, 0.15) is 26.3 Å². The molecule has 0 spiro atoms. The van der Waals surface area contributed by atoms with E-state index in [1.54, 1.807) is 42.5 Å². The average molecular weight is 495 g/mol. The molecule has 3 aromatic rings. The lowest BCUT2D eigenvalue weighted by molar-refractivity contribution is 0.0734. The molecule has 0 unspecified atom stereocenters. The normalized spacial score (nSPS) is 10.5. The number of esters is 1. The Hall–Kier alpha value is -4.73. The van der Waals surface area contributed by atoms with E-state index in [1.807, 2.05) is 0 Å². The van der Waals surface area contributed by atoms with Gasteiger partial charge in [0.2, 0.25) is 5.75 Å². The molecule has 3 rings (SSSR count). The predicted octanol–water partition coefficient (Wildman–Crippen LogP) is 3.71. The highest BCUT2D eigenvalue weighted by Gasteiger charge is 2.17. The molecular formula is C26H26N2O8. The summed E-state index contributed by atoms with van der Waals surface area (Å²) in [5, 5.41) is 3.97. The zero-order chi connectivity index (χ0) is 26.1. The standard InChI is InChI=1S/C26H26N2O8/c1-31-20-11-8-17(12-21(20)32-2)26(30)36-19-9-6-16(7-10-19)15-27-28-25(29)18-13-22(33-3)24(35-5)23(14-18)34-4/h6-15H,1-5H3,(H,28,29)/b27-15-. The number of benzene rings is 3. The van der Waals surface area contributed by atoms with Crippen LogP contribution in [0, 0.1) is 0 Å². The van der Waals surface area contributed by atoms with Crippen LogP contribution in [0.2, 0.25) is 0 Å². The van der Waals surface area contributed by atoms with Crippen molar-refractivity contribution in [2.75, 3.05) is 35.5 Å². The zero-order valence-electron chi connectivity index (χ0n) is 20.5. The van der Waals surface area contributed by atoms with Gasteiger partial charge in [0.15, 0.2) is 23.0 Å². The summed E-state index contributed by atoms with van der Waals surface area (Å²) in [6.45, 7) is 0. The third-order valence-electron chi connectivity index (χ3n) is 5.02. The van der Waals surface area contributed by atoms with Crippen molar-refractivity contribution in [2.24, 2.45) is 5.10 Å². The second kappa shape index (κ2) is 12.1. The molecule has 1 amide bonds. The number of methoxy groups -OCH3 is 5. The van der Waals surface area contributed by atoms with Crippen molar-refractivity contribution in [3.63, 3.8) is 0 Å². The molecule has 36 heavy (non-hydrogen) atoms. The minimum absolute atomic E-state index is 0.277. The Balaban J connectivity index is 1.63. The average Bonchev–Trinajstić information content (AvgIpc) is 2.92. The van der Waals surface area contributed by atoms with E-state index in [0.717, 1.165) is 0 Å². The third-order valence-corrected chi connectivity index (χ3v) is 5.02. The molecule has 10 heteroatoms. The van der Waals surface area contributed by atoms with Gasteiger partial charge in [-0.15, -0.1) is 0 Å². The van der Waals surface area contributed by atoms with Crippen molar-refractivity contribution < 1.29 is 38.0 Å². The van der Waals surface area contributed by atoms with Crippen LogP contribution in [0.5, 0.6) is 34.5 Å². The number of ether oxygens (including phenoxy) is 6. The number of hydrazone groups is 1. The quantitative estimate of drug-likeness (QED) is 0.196. The maximum Gasteiger partial charge on any atom is 0.343 e. The van der Waals surface area contributed by atoms with Crippen LogP contribution in [-0.4, -0.2) is 53.6 Å². The fourth-order valence-corrected chi connectivity index (χ4v) is 3.19. The van der Waals surface area contributed by atoms with Crippen LogP contribution in [0.4, 0.5) is 0 Å². The van der Waals surface area contributed by atoms with Gasteiger partial charge in [-0.1, -0.05) is 0 Å². The van der Waals surface area contributed by atoms with E-state index in [4.69, 9.17) is 28.4 Å². The van der Waals surface area contributed by atoms with Gasteiger partial charge in [-0.2, -0.15) is 5.10 Å². The van der Waals surface area contributed by atoms with Crippen LogP contribution in [0.25, 0.3) is 0 Å². The van der Waals surface area contributed by atoms with E-state index in [-0.39, 0.29) is 5.56 Å². The van der Waals surface area contributed by atoms with Crippen molar-refractivity contribution in [3.05, 3.63) is 71.3 Å². The molecule has 0 saturated carbocycles. The van der Waals surface area contributed by atoms with E-state index in [1.165, 1.54) is 53.9 Å². The van der Waals surface area contributed by atoms with E-state index in [2.05, 4.69) is 10.5 Å². The number of nitrogens with zero attached hydrogens (tertiary/aromatic N) is 1. The molecule has 0 heterocycles. The van der Waals surface area contributed by atoms with Gasteiger partial charge in [0.1, 0.15) is 5.75 Å². The van der Waals surface area contributed by atoms with Gasteiger partial charge in [-0.05, 0) is 60.2 Å². The minimum atomic E-state index is -0.546. The molecular weight excluding hydrogens is 468 g/mol. The first kappa shape index (κ1) is 25.9. The smallest absolute Gasteiger partial charge is 0.343 e. The summed E-state index contributed by atoms with van der Waals surface area (Å²) < 4.78 is 31.6. The van der Waals surface area contributed by atoms with E-state index < -0.39 is 11.9 Å². The van der Waals surface area contributed by atoms with Crippen LogP contribution in [0.3, 0.4) is 0 Å². The SMILES string of the molecule is COc1ccc(C(=O)Oc2ccc(/C=N\NC(=O)c3cc(OC)c(OC)c(OC)c3)cc2)cc1OC. The Morgan fingerprint density at radius 2 is 1.28 bits per heavy atom. The highest BCUT2D eigenvalue weighted by Crippen LogP contribution is 2.38.